The Hall–Kier alpha value is -0.781. The summed E-state index contributed by atoms with van der Waals surface area (Å²) in [5, 5.41) is 0. The van der Waals surface area contributed by atoms with Crippen LogP contribution in [-0.2, 0) is 29.9 Å². The van der Waals surface area contributed by atoms with Crippen LogP contribution in [0, 0.1) is 11.8 Å². The van der Waals surface area contributed by atoms with Crippen molar-refractivity contribution in [2.24, 2.45) is 11.8 Å². The molecule has 0 spiro atoms. The van der Waals surface area contributed by atoms with E-state index in [1.54, 1.807) is 0 Å². The van der Waals surface area contributed by atoms with Crippen molar-refractivity contribution in [2.75, 3.05) is 0 Å². The second-order valence-electron chi connectivity index (χ2n) is 5.78. The minimum atomic E-state index is 0. The molecule has 0 aromatic heterocycles. The van der Waals surface area contributed by atoms with Crippen molar-refractivity contribution in [2.45, 2.75) is 40.5 Å². The number of rotatable bonds is 4. The topological polar surface area (TPSA) is 0 Å². The standard InChI is InChI=1S/2C9H13.Fe/c2*1-8(2)7-9-5-3-4-6-9;/h2*3-6,8H,7H2,1-2H3;/q2*-1;+2. The van der Waals surface area contributed by atoms with Crippen molar-refractivity contribution >= 4 is 0 Å². The summed E-state index contributed by atoms with van der Waals surface area (Å²) in [7, 11) is 0. The summed E-state index contributed by atoms with van der Waals surface area (Å²) in [6.45, 7) is 8.97. The van der Waals surface area contributed by atoms with Crippen molar-refractivity contribution in [3.63, 3.8) is 0 Å². The molecule has 0 heterocycles. The van der Waals surface area contributed by atoms with E-state index in [-0.39, 0.29) is 17.1 Å². The first-order valence-electron chi connectivity index (χ1n) is 6.99. The summed E-state index contributed by atoms with van der Waals surface area (Å²) >= 11 is 0. The van der Waals surface area contributed by atoms with Gasteiger partial charge >= 0.3 is 17.1 Å². The van der Waals surface area contributed by atoms with Gasteiger partial charge in [0, 0.05) is 0 Å². The minimum Gasteiger partial charge on any atom is -0.213 e. The van der Waals surface area contributed by atoms with Gasteiger partial charge in [-0.25, -0.2) is 24.3 Å². The molecule has 0 atom stereocenters. The van der Waals surface area contributed by atoms with E-state index >= 15 is 0 Å². The second kappa shape index (κ2) is 10.1. The molecule has 0 nitrogen and oxygen atoms in total. The van der Waals surface area contributed by atoms with Crippen molar-refractivity contribution in [3.8, 4) is 0 Å². The molecule has 1 heteroatoms. The van der Waals surface area contributed by atoms with Crippen molar-refractivity contribution in [3.05, 3.63) is 59.7 Å². The molecular formula is C18H26Fe. The molecule has 2 aromatic rings. The fourth-order valence-corrected chi connectivity index (χ4v) is 2.04. The van der Waals surface area contributed by atoms with Crippen LogP contribution in [-0.4, -0.2) is 0 Å². The molecule has 0 unspecified atom stereocenters. The molecular weight excluding hydrogens is 272 g/mol. The summed E-state index contributed by atoms with van der Waals surface area (Å²) in [5.41, 5.74) is 2.93. The first kappa shape index (κ1) is 18.2. The maximum Gasteiger partial charge on any atom is 2.00 e. The molecule has 0 radical (unpaired) electrons. The molecule has 0 aliphatic rings. The zero-order valence-electron chi connectivity index (χ0n) is 12.5. The average Bonchev–Trinajstić information content (AvgIpc) is 2.90. The Bertz CT molecular complexity index is 339. The third-order valence-electron chi connectivity index (χ3n) is 2.75. The van der Waals surface area contributed by atoms with E-state index in [9.17, 15) is 0 Å². The third kappa shape index (κ3) is 8.86. The molecule has 0 aliphatic heterocycles. The van der Waals surface area contributed by atoms with E-state index in [1.807, 2.05) is 0 Å². The Morgan fingerprint density at radius 2 is 0.895 bits per heavy atom. The Kier molecular flexibility index (Phi) is 9.65. The molecule has 0 bridgehead atoms. The molecule has 0 fully saturated rings. The van der Waals surface area contributed by atoms with E-state index in [0.29, 0.717) is 0 Å². The fourth-order valence-electron chi connectivity index (χ4n) is 2.04. The van der Waals surface area contributed by atoms with Gasteiger partial charge < -0.3 is 0 Å². The van der Waals surface area contributed by atoms with Gasteiger partial charge in [0.25, 0.3) is 0 Å². The Morgan fingerprint density at radius 1 is 0.632 bits per heavy atom. The summed E-state index contributed by atoms with van der Waals surface area (Å²) in [5.74, 6) is 1.57. The van der Waals surface area contributed by atoms with Gasteiger partial charge in [-0.15, -0.1) is 0 Å². The molecule has 106 valence electrons. The maximum atomic E-state index is 2.24. The zero-order valence-corrected chi connectivity index (χ0v) is 13.6. The normalized spacial score (nSPS) is 10.0. The Labute approximate surface area is 129 Å². The molecule has 19 heavy (non-hydrogen) atoms. The van der Waals surface area contributed by atoms with Gasteiger partial charge in [0.1, 0.15) is 0 Å². The zero-order chi connectivity index (χ0) is 13.4. The van der Waals surface area contributed by atoms with Crippen LogP contribution in [0.3, 0.4) is 0 Å². The van der Waals surface area contributed by atoms with Crippen LogP contribution in [0.4, 0.5) is 0 Å². The average molecular weight is 298 g/mol. The van der Waals surface area contributed by atoms with E-state index in [4.69, 9.17) is 0 Å². The molecule has 0 N–H and O–H groups in total. The molecule has 0 saturated heterocycles. The number of hydrogen-bond acceptors (Lipinski definition) is 0. The summed E-state index contributed by atoms with van der Waals surface area (Å²) in [6.07, 6.45) is 2.43. The molecule has 0 amide bonds. The quantitative estimate of drug-likeness (QED) is 0.537. The van der Waals surface area contributed by atoms with Crippen LogP contribution in [0.5, 0.6) is 0 Å². The van der Waals surface area contributed by atoms with Crippen molar-refractivity contribution < 1.29 is 17.1 Å². The van der Waals surface area contributed by atoms with E-state index in [0.717, 1.165) is 11.8 Å². The first-order chi connectivity index (χ1) is 8.58. The van der Waals surface area contributed by atoms with E-state index < -0.39 is 0 Å². The summed E-state index contributed by atoms with van der Waals surface area (Å²) < 4.78 is 0. The Balaban J connectivity index is 0.000000324. The van der Waals surface area contributed by atoms with Gasteiger partial charge in [0.2, 0.25) is 0 Å². The maximum absolute atomic E-state index is 2.24. The summed E-state index contributed by atoms with van der Waals surface area (Å²) in [6, 6.07) is 17.1. The van der Waals surface area contributed by atoms with Crippen LogP contribution in [0.2, 0.25) is 0 Å². The SMILES string of the molecule is CC(C)C[c-]1cccc1.CC(C)C[c-]1cccc1.[Fe+2]. The van der Waals surface area contributed by atoms with Gasteiger partial charge in [-0.3, -0.25) is 0 Å². The van der Waals surface area contributed by atoms with E-state index in [1.165, 1.54) is 24.0 Å². The fraction of sp³-hybridized carbons (Fsp3) is 0.444. The van der Waals surface area contributed by atoms with Crippen LogP contribution in [0.15, 0.2) is 48.5 Å². The number of hydrogen-bond donors (Lipinski definition) is 0. The second-order valence-corrected chi connectivity index (χ2v) is 5.78. The summed E-state index contributed by atoms with van der Waals surface area (Å²) in [4.78, 5) is 0. The van der Waals surface area contributed by atoms with Gasteiger partial charge in [-0.05, 0) is 0 Å². The molecule has 2 aromatic carbocycles. The van der Waals surface area contributed by atoms with Crippen molar-refractivity contribution in [1.82, 2.24) is 0 Å². The van der Waals surface area contributed by atoms with Crippen molar-refractivity contribution in [1.29, 1.82) is 0 Å². The largest absolute Gasteiger partial charge is 2.00 e. The smallest absolute Gasteiger partial charge is 0.213 e. The first-order valence-corrected chi connectivity index (χ1v) is 6.99. The van der Waals surface area contributed by atoms with Crippen LogP contribution in [0.1, 0.15) is 38.8 Å². The van der Waals surface area contributed by atoms with Crippen LogP contribution in [0.25, 0.3) is 0 Å². The predicted octanol–water partition coefficient (Wildman–Crippen LogP) is 5.21. The van der Waals surface area contributed by atoms with Gasteiger partial charge in [-0.1, -0.05) is 52.4 Å². The van der Waals surface area contributed by atoms with Crippen LogP contribution < -0.4 is 0 Å². The van der Waals surface area contributed by atoms with Gasteiger partial charge in [0.05, 0.1) is 0 Å². The molecule has 0 saturated carbocycles. The van der Waals surface area contributed by atoms with Gasteiger partial charge in [-0.2, -0.15) is 35.4 Å². The molecule has 0 aliphatic carbocycles. The molecule has 2 rings (SSSR count). The van der Waals surface area contributed by atoms with Gasteiger partial charge in [0.15, 0.2) is 0 Å². The minimum absolute atomic E-state index is 0. The van der Waals surface area contributed by atoms with Crippen LogP contribution >= 0.6 is 0 Å². The van der Waals surface area contributed by atoms with E-state index in [2.05, 4.69) is 76.2 Å². The predicted molar refractivity (Wildman–Crippen MR) is 81.2 cm³/mol. The Morgan fingerprint density at radius 3 is 1.11 bits per heavy atom. The third-order valence-corrected chi connectivity index (χ3v) is 2.75. The monoisotopic (exact) mass is 298 g/mol.